The summed E-state index contributed by atoms with van der Waals surface area (Å²) in [5.41, 5.74) is 0.315. The molecular formula is C17H25NO3. The molecule has 0 radical (unpaired) electrons. The van der Waals surface area contributed by atoms with E-state index in [1.54, 1.807) is 6.92 Å². The van der Waals surface area contributed by atoms with Crippen LogP contribution in [0, 0.1) is 0 Å². The summed E-state index contributed by atoms with van der Waals surface area (Å²) >= 11 is 0. The van der Waals surface area contributed by atoms with Crippen LogP contribution < -0.4 is 5.32 Å². The summed E-state index contributed by atoms with van der Waals surface area (Å²) in [6.45, 7) is 2.48. The second kappa shape index (κ2) is 7.57. The highest BCUT2D eigenvalue weighted by atomic mass is 16.5. The fourth-order valence-electron chi connectivity index (χ4n) is 2.65. The Morgan fingerprint density at radius 2 is 1.95 bits per heavy atom. The van der Waals surface area contributed by atoms with Gasteiger partial charge in [-0.15, -0.1) is 0 Å². The van der Waals surface area contributed by atoms with E-state index in [9.17, 15) is 9.90 Å². The molecule has 1 fully saturated rings. The van der Waals surface area contributed by atoms with Gasteiger partial charge in [0.2, 0.25) is 5.91 Å². The molecule has 1 atom stereocenters. The molecule has 1 aliphatic rings. The summed E-state index contributed by atoms with van der Waals surface area (Å²) in [7, 11) is 0. The molecule has 21 heavy (non-hydrogen) atoms. The van der Waals surface area contributed by atoms with Gasteiger partial charge >= 0.3 is 0 Å². The van der Waals surface area contributed by atoms with E-state index >= 15 is 0 Å². The number of benzene rings is 1. The summed E-state index contributed by atoms with van der Waals surface area (Å²) in [4.78, 5) is 12.0. The Morgan fingerprint density at radius 3 is 2.62 bits per heavy atom. The molecule has 0 aliphatic heterocycles. The Morgan fingerprint density at radius 1 is 1.29 bits per heavy atom. The number of hydrogen-bond donors (Lipinski definition) is 2. The van der Waals surface area contributed by atoms with Crippen molar-refractivity contribution in [2.24, 2.45) is 0 Å². The average Bonchev–Trinajstić information content (AvgIpc) is 2.52. The summed E-state index contributed by atoms with van der Waals surface area (Å²) in [6.07, 6.45) is 4.27. The van der Waals surface area contributed by atoms with Crippen molar-refractivity contribution in [3.63, 3.8) is 0 Å². The van der Waals surface area contributed by atoms with Gasteiger partial charge in [0.1, 0.15) is 6.10 Å². The molecule has 0 saturated heterocycles. The second-order valence-corrected chi connectivity index (χ2v) is 5.94. The van der Waals surface area contributed by atoms with Crippen molar-refractivity contribution in [1.29, 1.82) is 0 Å². The van der Waals surface area contributed by atoms with Gasteiger partial charge in [0.05, 0.1) is 12.2 Å². The zero-order valence-corrected chi connectivity index (χ0v) is 12.7. The molecule has 116 valence electrons. The van der Waals surface area contributed by atoms with Crippen LogP contribution in [0.15, 0.2) is 30.3 Å². The molecular weight excluding hydrogens is 266 g/mol. The number of carbonyl (C=O) groups excluding carboxylic acids is 1. The van der Waals surface area contributed by atoms with E-state index in [1.807, 2.05) is 30.3 Å². The second-order valence-electron chi connectivity index (χ2n) is 5.94. The van der Waals surface area contributed by atoms with Crippen LogP contribution in [0.2, 0.25) is 0 Å². The Kier molecular flexibility index (Phi) is 5.76. The molecule has 1 aromatic carbocycles. The minimum atomic E-state index is -0.729. The number of ether oxygens (including phenoxy) is 1. The Bertz CT molecular complexity index is 441. The highest BCUT2D eigenvalue weighted by molar-refractivity contribution is 5.80. The number of hydrogen-bond acceptors (Lipinski definition) is 3. The Labute approximate surface area is 126 Å². The molecule has 1 amide bonds. The van der Waals surface area contributed by atoms with Crippen molar-refractivity contribution in [3.05, 3.63) is 35.9 Å². The van der Waals surface area contributed by atoms with Gasteiger partial charge in [-0.25, -0.2) is 0 Å². The lowest BCUT2D eigenvalue weighted by atomic mass is 9.85. The van der Waals surface area contributed by atoms with E-state index in [-0.39, 0.29) is 5.91 Å². The lowest BCUT2D eigenvalue weighted by Crippen LogP contribution is -2.46. The molecule has 4 nitrogen and oxygen atoms in total. The number of rotatable bonds is 6. The lowest BCUT2D eigenvalue weighted by molar-refractivity contribution is -0.134. The van der Waals surface area contributed by atoms with Gasteiger partial charge in [0, 0.05) is 6.54 Å². The third kappa shape index (κ3) is 5.14. The molecule has 4 heteroatoms. The topological polar surface area (TPSA) is 58.6 Å². The van der Waals surface area contributed by atoms with E-state index in [4.69, 9.17) is 4.74 Å². The van der Waals surface area contributed by atoms with E-state index in [0.717, 1.165) is 31.2 Å². The molecule has 0 spiro atoms. The van der Waals surface area contributed by atoms with Crippen LogP contribution in [0.25, 0.3) is 0 Å². The van der Waals surface area contributed by atoms with Crippen molar-refractivity contribution in [3.8, 4) is 0 Å². The standard InChI is InChI=1S/C17H25NO3/c1-14(21-12-15-8-4-2-5-9-15)16(19)18-13-17(20)10-6-3-7-11-17/h2,4-5,8-9,14,20H,3,6-7,10-13H2,1H3,(H,18,19). The van der Waals surface area contributed by atoms with Crippen LogP contribution in [0.4, 0.5) is 0 Å². The van der Waals surface area contributed by atoms with Gasteiger partial charge in [-0.1, -0.05) is 49.6 Å². The molecule has 1 saturated carbocycles. The normalized spacial score (nSPS) is 19.0. The van der Waals surface area contributed by atoms with Crippen molar-refractivity contribution < 1.29 is 14.6 Å². The quantitative estimate of drug-likeness (QED) is 0.846. The van der Waals surface area contributed by atoms with Crippen LogP contribution in [0.5, 0.6) is 0 Å². The number of carbonyl (C=O) groups is 1. The molecule has 0 heterocycles. The maximum absolute atomic E-state index is 12.0. The third-order valence-corrected chi connectivity index (χ3v) is 4.09. The van der Waals surface area contributed by atoms with Crippen LogP contribution in [-0.4, -0.2) is 29.3 Å². The first kappa shape index (κ1) is 16.0. The van der Waals surface area contributed by atoms with Crippen LogP contribution in [0.3, 0.4) is 0 Å². The lowest BCUT2D eigenvalue weighted by Gasteiger charge is -2.32. The van der Waals surface area contributed by atoms with E-state index in [0.29, 0.717) is 13.2 Å². The van der Waals surface area contributed by atoms with Gasteiger partial charge in [-0.2, -0.15) is 0 Å². The van der Waals surface area contributed by atoms with E-state index < -0.39 is 11.7 Å². The van der Waals surface area contributed by atoms with Gasteiger partial charge in [0.25, 0.3) is 0 Å². The first-order valence-electron chi connectivity index (χ1n) is 7.75. The summed E-state index contributed by atoms with van der Waals surface area (Å²) in [5.74, 6) is -0.162. The largest absolute Gasteiger partial charge is 0.388 e. The van der Waals surface area contributed by atoms with Crippen LogP contribution in [0.1, 0.15) is 44.6 Å². The van der Waals surface area contributed by atoms with E-state index in [1.165, 1.54) is 6.42 Å². The molecule has 1 aromatic rings. The SMILES string of the molecule is CC(OCc1ccccc1)C(=O)NCC1(O)CCCCC1. The zero-order valence-electron chi connectivity index (χ0n) is 12.7. The molecule has 2 rings (SSSR count). The first-order chi connectivity index (χ1) is 10.1. The molecule has 1 aliphatic carbocycles. The predicted molar refractivity (Wildman–Crippen MR) is 81.7 cm³/mol. The molecule has 1 unspecified atom stereocenters. The van der Waals surface area contributed by atoms with Crippen molar-refractivity contribution in [2.45, 2.75) is 57.3 Å². The van der Waals surface area contributed by atoms with Gasteiger partial charge in [0.15, 0.2) is 0 Å². The summed E-state index contributed by atoms with van der Waals surface area (Å²) in [6, 6.07) is 9.78. The van der Waals surface area contributed by atoms with E-state index in [2.05, 4.69) is 5.32 Å². The Hall–Kier alpha value is -1.39. The zero-order chi connectivity index (χ0) is 15.1. The average molecular weight is 291 g/mol. The van der Waals surface area contributed by atoms with Gasteiger partial charge in [-0.3, -0.25) is 4.79 Å². The highest BCUT2D eigenvalue weighted by Gasteiger charge is 2.30. The predicted octanol–water partition coefficient (Wildman–Crippen LogP) is 2.40. The molecule has 0 bridgehead atoms. The molecule has 0 aromatic heterocycles. The Balaban J connectivity index is 1.72. The fraction of sp³-hybridized carbons (Fsp3) is 0.588. The summed E-state index contributed by atoms with van der Waals surface area (Å²) in [5, 5.41) is 13.2. The minimum Gasteiger partial charge on any atom is -0.388 e. The van der Waals surface area contributed by atoms with Gasteiger partial charge < -0.3 is 15.2 Å². The van der Waals surface area contributed by atoms with Crippen molar-refractivity contribution in [2.75, 3.05) is 6.54 Å². The third-order valence-electron chi connectivity index (χ3n) is 4.09. The van der Waals surface area contributed by atoms with Crippen molar-refractivity contribution >= 4 is 5.91 Å². The number of amides is 1. The first-order valence-corrected chi connectivity index (χ1v) is 7.75. The highest BCUT2D eigenvalue weighted by Crippen LogP contribution is 2.27. The number of aliphatic hydroxyl groups is 1. The number of nitrogens with one attached hydrogen (secondary N) is 1. The smallest absolute Gasteiger partial charge is 0.248 e. The van der Waals surface area contributed by atoms with Crippen LogP contribution in [-0.2, 0) is 16.1 Å². The monoisotopic (exact) mass is 291 g/mol. The minimum absolute atomic E-state index is 0.162. The maximum Gasteiger partial charge on any atom is 0.248 e. The maximum atomic E-state index is 12.0. The summed E-state index contributed by atoms with van der Waals surface area (Å²) < 4.78 is 5.57. The van der Waals surface area contributed by atoms with Crippen molar-refractivity contribution in [1.82, 2.24) is 5.32 Å². The van der Waals surface area contributed by atoms with Crippen LogP contribution >= 0.6 is 0 Å². The van der Waals surface area contributed by atoms with Gasteiger partial charge in [-0.05, 0) is 25.3 Å². The fourth-order valence-corrected chi connectivity index (χ4v) is 2.65. The molecule has 2 N–H and O–H groups in total.